The summed E-state index contributed by atoms with van der Waals surface area (Å²) in [5.74, 6) is -0.295. The molecule has 0 bridgehead atoms. The quantitative estimate of drug-likeness (QED) is 0.825. The van der Waals surface area contributed by atoms with Crippen LogP contribution in [0.25, 0.3) is 0 Å². The average Bonchev–Trinajstić information content (AvgIpc) is 2.89. The first-order chi connectivity index (χ1) is 8.29. The zero-order chi connectivity index (χ0) is 12.1. The van der Waals surface area contributed by atoms with E-state index in [4.69, 9.17) is 5.26 Å². The van der Waals surface area contributed by atoms with E-state index in [1.54, 1.807) is 12.3 Å². The Bertz CT molecular complexity index is 554. The lowest BCUT2D eigenvalue weighted by Crippen LogP contribution is -2.23. The van der Waals surface area contributed by atoms with Gasteiger partial charge >= 0.3 is 0 Å². The van der Waals surface area contributed by atoms with Gasteiger partial charge in [-0.1, -0.05) is 0 Å². The molecule has 2 N–H and O–H groups in total. The molecule has 0 saturated carbocycles. The van der Waals surface area contributed by atoms with Gasteiger partial charge in [0, 0.05) is 18.1 Å². The first-order valence-electron chi connectivity index (χ1n) is 5.06. The third-order valence-electron chi connectivity index (χ3n) is 2.22. The van der Waals surface area contributed by atoms with Gasteiger partial charge in [-0.25, -0.2) is 0 Å². The van der Waals surface area contributed by atoms with Crippen LogP contribution in [0.3, 0.4) is 0 Å². The Morgan fingerprint density at radius 2 is 2.41 bits per heavy atom. The number of aromatic amines is 1. The Balaban J connectivity index is 2.02. The Morgan fingerprint density at radius 1 is 1.53 bits per heavy atom. The summed E-state index contributed by atoms with van der Waals surface area (Å²) in [5.41, 5.74) is 1.58. The third-order valence-corrected chi connectivity index (χ3v) is 2.22. The predicted octanol–water partition coefficient (Wildman–Crippen LogP) is 1.21. The Hall–Kier alpha value is -2.61. The number of nitrogens with zero attached hydrogens (tertiary/aromatic N) is 2. The summed E-state index contributed by atoms with van der Waals surface area (Å²) in [6.45, 7) is 0.407. The molecule has 2 heterocycles. The molecule has 0 atom stereocenters. The van der Waals surface area contributed by atoms with Crippen LogP contribution in [0, 0.1) is 11.3 Å². The van der Waals surface area contributed by atoms with Gasteiger partial charge in [-0.05, 0) is 24.3 Å². The van der Waals surface area contributed by atoms with Gasteiger partial charge in [-0.3, -0.25) is 9.78 Å². The molecular weight excluding hydrogens is 216 g/mol. The standard InChI is InChI=1S/C12H10N4O/c13-7-9-3-5-15-11(6-9)12(17)16-8-10-2-1-4-14-10/h1-6,14H,8H2,(H,16,17). The highest BCUT2D eigenvalue weighted by Crippen LogP contribution is 2.01. The van der Waals surface area contributed by atoms with Crippen molar-refractivity contribution in [2.45, 2.75) is 6.54 Å². The highest BCUT2D eigenvalue weighted by molar-refractivity contribution is 5.92. The lowest BCUT2D eigenvalue weighted by Gasteiger charge is -2.03. The first kappa shape index (κ1) is 10.9. The smallest absolute Gasteiger partial charge is 0.270 e. The molecule has 0 unspecified atom stereocenters. The minimum Gasteiger partial charge on any atom is -0.364 e. The van der Waals surface area contributed by atoms with Crippen molar-refractivity contribution in [3.8, 4) is 6.07 Å². The summed E-state index contributed by atoms with van der Waals surface area (Å²) in [6.07, 6.45) is 3.23. The van der Waals surface area contributed by atoms with Crippen LogP contribution in [0.1, 0.15) is 21.7 Å². The fourth-order valence-corrected chi connectivity index (χ4v) is 1.37. The van der Waals surface area contributed by atoms with E-state index in [2.05, 4.69) is 15.3 Å². The number of nitriles is 1. The number of nitrogens with one attached hydrogen (secondary N) is 2. The zero-order valence-corrected chi connectivity index (χ0v) is 8.97. The summed E-state index contributed by atoms with van der Waals surface area (Å²) in [6, 6.07) is 8.72. The molecule has 17 heavy (non-hydrogen) atoms. The minimum absolute atomic E-state index is 0.246. The van der Waals surface area contributed by atoms with E-state index in [0.29, 0.717) is 12.1 Å². The maximum absolute atomic E-state index is 11.7. The summed E-state index contributed by atoms with van der Waals surface area (Å²) in [7, 11) is 0. The van der Waals surface area contributed by atoms with E-state index in [1.807, 2.05) is 18.2 Å². The number of H-pyrrole nitrogens is 1. The highest BCUT2D eigenvalue weighted by Gasteiger charge is 2.07. The Morgan fingerprint density at radius 3 is 3.12 bits per heavy atom. The van der Waals surface area contributed by atoms with Crippen molar-refractivity contribution in [1.82, 2.24) is 15.3 Å². The largest absolute Gasteiger partial charge is 0.364 e. The lowest BCUT2D eigenvalue weighted by molar-refractivity contribution is 0.0945. The van der Waals surface area contributed by atoms with Gasteiger partial charge in [0.1, 0.15) is 5.69 Å². The van der Waals surface area contributed by atoms with Crippen molar-refractivity contribution in [2.75, 3.05) is 0 Å². The molecule has 0 aliphatic rings. The zero-order valence-electron chi connectivity index (χ0n) is 8.97. The van der Waals surface area contributed by atoms with Crippen molar-refractivity contribution in [2.24, 2.45) is 0 Å². The van der Waals surface area contributed by atoms with E-state index in [9.17, 15) is 4.79 Å². The number of pyridine rings is 1. The molecule has 5 heteroatoms. The van der Waals surface area contributed by atoms with Crippen LogP contribution in [0.15, 0.2) is 36.7 Å². The number of aromatic nitrogens is 2. The monoisotopic (exact) mass is 226 g/mol. The van der Waals surface area contributed by atoms with Crippen molar-refractivity contribution >= 4 is 5.91 Å². The molecular formula is C12H10N4O. The van der Waals surface area contributed by atoms with Crippen LogP contribution < -0.4 is 5.32 Å². The van der Waals surface area contributed by atoms with Gasteiger partial charge in [0.25, 0.3) is 5.91 Å². The minimum atomic E-state index is -0.295. The summed E-state index contributed by atoms with van der Waals surface area (Å²) in [5, 5.41) is 11.4. The van der Waals surface area contributed by atoms with Gasteiger partial charge in [0.05, 0.1) is 18.2 Å². The van der Waals surface area contributed by atoms with E-state index in [-0.39, 0.29) is 11.6 Å². The second-order valence-corrected chi connectivity index (χ2v) is 3.42. The molecule has 0 saturated heterocycles. The Kier molecular flexibility index (Phi) is 3.17. The normalized spacial score (nSPS) is 9.59. The number of hydrogen-bond acceptors (Lipinski definition) is 3. The van der Waals surface area contributed by atoms with Crippen LogP contribution >= 0.6 is 0 Å². The fraction of sp³-hybridized carbons (Fsp3) is 0.0833. The maximum atomic E-state index is 11.7. The molecule has 2 aromatic rings. The van der Waals surface area contributed by atoms with Crippen molar-refractivity contribution < 1.29 is 4.79 Å². The molecule has 1 amide bonds. The molecule has 0 fully saturated rings. The molecule has 5 nitrogen and oxygen atoms in total. The van der Waals surface area contributed by atoms with Gasteiger partial charge in [0.2, 0.25) is 0 Å². The molecule has 0 aliphatic heterocycles. The number of carbonyl (C=O) groups is 1. The number of amides is 1. The van der Waals surface area contributed by atoms with Crippen LogP contribution in [0.2, 0.25) is 0 Å². The number of carbonyl (C=O) groups excluding carboxylic acids is 1. The second kappa shape index (κ2) is 4.94. The van der Waals surface area contributed by atoms with Gasteiger partial charge in [-0.2, -0.15) is 5.26 Å². The average molecular weight is 226 g/mol. The maximum Gasteiger partial charge on any atom is 0.270 e. The summed E-state index contributed by atoms with van der Waals surface area (Å²) < 4.78 is 0. The van der Waals surface area contributed by atoms with Crippen molar-refractivity contribution in [3.05, 3.63) is 53.6 Å². The van der Waals surface area contributed by atoms with Crippen molar-refractivity contribution in [1.29, 1.82) is 5.26 Å². The predicted molar refractivity (Wildman–Crippen MR) is 60.9 cm³/mol. The molecule has 0 radical (unpaired) electrons. The van der Waals surface area contributed by atoms with Gasteiger partial charge < -0.3 is 10.3 Å². The van der Waals surface area contributed by atoms with Crippen LogP contribution in [-0.4, -0.2) is 15.9 Å². The third kappa shape index (κ3) is 2.69. The molecule has 0 aromatic carbocycles. The van der Waals surface area contributed by atoms with Crippen LogP contribution in [0.4, 0.5) is 0 Å². The molecule has 2 aromatic heterocycles. The molecule has 0 spiro atoms. The van der Waals surface area contributed by atoms with E-state index in [1.165, 1.54) is 12.3 Å². The second-order valence-electron chi connectivity index (χ2n) is 3.42. The Labute approximate surface area is 98.1 Å². The van der Waals surface area contributed by atoms with Gasteiger partial charge in [0.15, 0.2) is 0 Å². The highest BCUT2D eigenvalue weighted by atomic mass is 16.1. The van der Waals surface area contributed by atoms with Crippen molar-refractivity contribution in [3.63, 3.8) is 0 Å². The SMILES string of the molecule is N#Cc1ccnc(C(=O)NCc2ccc[nH]2)c1. The van der Waals surface area contributed by atoms with Crippen LogP contribution in [0.5, 0.6) is 0 Å². The topological polar surface area (TPSA) is 81.6 Å². The molecule has 2 rings (SSSR count). The van der Waals surface area contributed by atoms with E-state index >= 15 is 0 Å². The van der Waals surface area contributed by atoms with E-state index < -0.39 is 0 Å². The van der Waals surface area contributed by atoms with Crippen LogP contribution in [-0.2, 0) is 6.54 Å². The van der Waals surface area contributed by atoms with E-state index in [0.717, 1.165) is 5.69 Å². The fourth-order valence-electron chi connectivity index (χ4n) is 1.37. The summed E-state index contributed by atoms with van der Waals surface area (Å²) in [4.78, 5) is 18.6. The number of hydrogen-bond donors (Lipinski definition) is 2. The molecule has 84 valence electrons. The lowest BCUT2D eigenvalue weighted by atomic mass is 10.2. The van der Waals surface area contributed by atoms with Gasteiger partial charge in [-0.15, -0.1) is 0 Å². The number of rotatable bonds is 3. The summed E-state index contributed by atoms with van der Waals surface area (Å²) >= 11 is 0. The first-order valence-corrected chi connectivity index (χ1v) is 5.06. The molecule has 0 aliphatic carbocycles.